The number of fused-ring (bicyclic) bond motifs is 1. The molecule has 0 bridgehead atoms. The van der Waals surface area contributed by atoms with Gasteiger partial charge in [0.15, 0.2) is 17.4 Å². The van der Waals surface area contributed by atoms with Crippen LogP contribution in [0.25, 0.3) is 21.9 Å². The third kappa shape index (κ3) is 5.32. The predicted molar refractivity (Wildman–Crippen MR) is 137 cm³/mol. The van der Waals surface area contributed by atoms with Crippen molar-refractivity contribution >= 4 is 16.6 Å². The standard InChI is InChI=1S/C30H26F3NO3/c31-21-17-26(29(33)27(32)18-21)25-10-6-20-16-22(35)7-11-24(20)28(25)30(36)19-4-8-23(9-5-19)37-15-14-34-12-2-1-3-13-34/h4-11,16-18,35H,1-3,12-15H2. The Morgan fingerprint density at radius 1 is 0.865 bits per heavy atom. The van der Waals surface area contributed by atoms with Crippen LogP contribution in [0.1, 0.15) is 35.2 Å². The van der Waals surface area contributed by atoms with Gasteiger partial charge < -0.3 is 9.84 Å². The molecule has 0 atom stereocenters. The molecule has 0 spiro atoms. The second-order valence-corrected chi connectivity index (χ2v) is 9.25. The Balaban J connectivity index is 1.47. The molecule has 7 heteroatoms. The van der Waals surface area contributed by atoms with Crippen LogP contribution in [0.4, 0.5) is 13.2 Å². The average Bonchev–Trinajstić information content (AvgIpc) is 2.90. The molecule has 1 N–H and O–H groups in total. The highest BCUT2D eigenvalue weighted by molar-refractivity contribution is 6.20. The number of nitrogens with zero attached hydrogens (tertiary/aromatic N) is 1. The third-order valence-electron chi connectivity index (χ3n) is 6.76. The number of halogens is 3. The van der Waals surface area contributed by atoms with E-state index in [2.05, 4.69) is 4.90 Å². The number of phenols is 1. The summed E-state index contributed by atoms with van der Waals surface area (Å²) in [5.74, 6) is -3.38. The van der Waals surface area contributed by atoms with Crippen LogP contribution >= 0.6 is 0 Å². The zero-order chi connectivity index (χ0) is 25.9. The summed E-state index contributed by atoms with van der Waals surface area (Å²) < 4.78 is 48.7. The van der Waals surface area contributed by atoms with E-state index in [0.717, 1.165) is 25.7 Å². The van der Waals surface area contributed by atoms with E-state index in [-0.39, 0.29) is 22.4 Å². The number of phenolic OH excluding ortho intramolecular Hbond substituents is 1. The molecule has 5 rings (SSSR count). The molecular weight excluding hydrogens is 479 g/mol. The number of carbonyl (C=O) groups excluding carboxylic acids is 1. The molecule has 4 aromatic carbocycles. The number of ketones is 1. The Morgan fingerprint density at radius 2 is 1.62 bits per heavy atom. The number of aromatic hydroxyl groups is 1. The number of hydrogen-bond acceptors (Lipinski definition) is 4. The lowest BCUT2D eigenvalue weighted by atomic mass is 9.89. The minimum atomic E-state index is -1.34. The Morgan fingerprint density at radius 3 is 2.38 bits per heavy atom. The maximum absolute atomic E-state index is 14.8. The van der Waals surface area contributed by atoms with Gasteiger partial charge in [0.2, 0.25) is 0 Å². The normalized spacial score (nSPS) is 14.1. The number of likely N-dealkylation sites (tertiary alicyclic amines) is 1. The molecule has 0 radical (unpaired) electrons. The highest BCUT2D eigenvalue weighted by Crippen LogP contribution is 2.36. The van der Waals surface area contributed by atoms with Crippen molar-refractivity contribution in [1.82, 2.24) is 4.90 Å². The zero-order valence-electron chi connectivity index (χ0n) is 20.1. The molecule has 1 saturated heterocycles. The van der Waals surface area contributed by atoms with Gasteiger partial charge in [-0.2, -0.15) is 0 Å². The summed E-state index contributed by atoms with van der Waals surface area (Å²) in [6.07, 6.45) is 3.69. The maximum atomic E-state index is 14.8. The van der Waals surface area contributed by atoms with Gasteiger partial charge in [0.1, 0.15) is 23.9 Å². The van der Waals surface area contributed by atoms with Crippen molar-refractivity contribution in [3.05, 3.63) is 95.3 Å². The summed E-state index contributed by atoms with van der Waals surface area (Å²) in [5.41, 5.74) is 0.0945. The van der Waals surface area contributed by atoms with Crippen molar-refractivity contribution in [3.63, 3.8) is 0 Å². The Labute approximate surface area is 212 Å². The second-order valence-electron chi connectivity index (χ2n) is 9.25. The summed E-state index contributed by atoms with van der Waals surface area (Å²) >= 11 is 0. The number of benzene rings is 4. The van der Waals surface area contributed by atoms with Crippen molar-refractivity contribution in [2.75, 3.05) is 26.2 Å². The van der Waals surface area contributed by atoms with E-state index in [0.29, 0.717) is 34.8 Å². The average molecular weight is 506 g/mol. The highest BCUT2D eigenvalue weighted by Gasteiger charge is 2.23. The number of piperidine rings is 1. The van der Waals surface area contributed by atoms with Crippen molar-refractivity contribution in [1.29, 1.82) is 0 Å². The smallest absolute Gasteiger partial charge is 0.194 e. The minimum absolute atomic E-state index is 0.00677. The molecule has 1 fully saturated rings. The lowest BCUT2D eigenvalue weighted by Crippen LogP contribution is -2.33. The molecule has 4 nitrogen and oxygen atoms in total. The van der Waals surface area contributed by atoms with Crippen molar-refractivity contribution in [3.8, 4) is 22.6 Å². The number of hydrogen-bond donors (Lipinski definition) is 1. The first kappa shape index (κ1) is 24.8. The summed E-state index contributed by atoms with van der Waals surface area (Å²) in [6.45, 7) is 3.53. The molecule has 0 aromatic heterocycles. The van der Waals surface area contributed by atoms with Crippen LogP contribution in [0.15, 0.2) is 66.7 Å². The molecule has 1 aliphatic rings. The van der Waals surface area contributed by atoms with Crippen molar-refractivity contribution < 1.29 is 27.8 Å². The number of carbonyl (C=O) groups is 1. The van der Waals surface area contributed by atoms with E-state index in [9.17, 15) is 23.1 Å². The van der Waals surface area contributed by atoms with Crippen LogP contribution in [-0.2, 0) is 0 Å². The van der Waals surface area contributed by atoms with Crippen LogP contribution < -0.4 is 4.74 Å². The summed E-state index contributed by atoms with van der Waals surface area (Å²) in [5, 5.41) is 10.9. The van der Waals surface area contributed by atoms with Gasteiger partial charge in [-0.3, -0.25) is 9.69 Å². The van der Waals surface area contributed by atoms with Gasteiger partial charge in [0.25, 0.3) is 0 Å². The first-order valence-electron chi connectivity index (χ1n) is 12.3. The van der Waals surface area contributed by atoms with E-state index < -0.39 is 23.2 Å². The summed E-state index contributed by atoms with van der Waals surface area (Å²) in [4.78, 5) is 16.1. The molecule has 0 amide bonds. The van der Waals surface area contributed by atoms with E-state index in [1.54, 1.807) is 30.3 Å². The Bertz CT molecular complexity index is 1450. The van der Waals surface area contributed by atoms with E-state index >= 15 is 0 Å². The van der Waals surface area contributed by atoms with Gasteiger partial charge in [-0.15, -0.1) is 0 Å². The zero-order valence-corrected chi connectivity index (χ0v) is 20.1. The minimum Gasteiger partial charge on any atom is -0.508 e. The van der Waals surface area contributed by atoms with E-state index in [1.807, 2.05) is 0 Å². The Kier molecular flexibility index (Phi) is 7.15. The van der Waals surface area contributed by atoms with Crippen LogP contribution in [0.3, 0.4) is 0 Å². The lowest BCUT2D eigenvalue weighted by Gasteiger charge is -2.26. The van der Waals surface area contributed by atoms with Crippen LogP contribution in [0.2, 0.25) is 0 Å². The molecule has 1 heterocycles. The van der Waals surface area contributed by atoms with Crippen LogP contribution in [-0.4, -0.2) is 42.0 Å². The predicted octanol–water partition coefficient (Wildman–Crippen LogP) is 6.73. The van der Waals surface area contributed by atoms with Gasteiger partial charge in [-0.1, -0.05) is 18.6 Å². The largest absolute Gasteiger partial charge is 0.508 e. The Hall–Kier alpha value is -3.84. The summed E-state index contributed by atoms with van der Waals surface area (Å²) in [6, 6.07) is 15.4. The molecule has 0 unspecified atom stereocenters. The van der Waals surface area contributed by atoms with Gasteiger partial charge in [-0.25, -0.2) is 13.2 Å². The second kappa shape index (κ2) is 10.6. The molecule has 0 saturated carbocycles. The molecule has 190 valence electrons. The van der Waals surface area contributed by atoms with Gasteiger partial charge in [-0.05, 0) is 90.8 Å². The topological polar surface area (TPSA) is 49.8 Å². The van der Waals surface area contributed by atoms with Crippen molar-refractivity contribution in [2.24, 2.45) is 0 Å². The molecular formula is C30H26F3NO3. The molecule has 4 aromatic rings. The summed E-state index contributed by atoms with van der Waals surface area (Å²) in [7, 11) is 0. The van der Waals surface area contributed by atoms with Gasteiger partial charge >= 0.3 is 0 Å². The first-order chi connectivity index (χ1) is 17.9. The fourth-order valence-electron chi connectivity index (χ4n) is 4.86. The third-order valence-corrected chi connectivity index (χ3v) is 6.76. The monoisotopic (exact) mass is 505 g/mol. The molecule has 0 aliphatic carbocycles. The lowest BCUT2D eigenvalue weighted by molar-refractivity contribution is 0.104. The number of rotatable bonds is 7. The van der Waals surface area contributed by atoms with Crippen LogP contribution in [0, 0.1) is 17.5 Å². The van der Waals surface area contributed by atoms with Crippen LogP contribution in [0.5, 0.6) is 11.5 Å². The number of ether oxygens (including phenoxy) is 1. The van der Waals surface area contributed by atoms with Gasteiger partial charge in [0.05, 0.1) is 0 Å². The quantitative estimate of drug-likeness (QED) is 0.224. The molecule has 37 heavy (non-hydrogen) atoms. The maximum Gasteiger partial charge on any atom is 0.194 e. The van der Waals surface area contributed by atoms with Crippen molar-refractivity contribution in [2.45, 2.75) is 19.3 Å². The SMILES string of the molecule is O=C(c1ccc(OCCN2CCCCC2)cc1)c1c(-c2cc(F)cc(F)c2F)ccc2cc(O)ccc12. The van der Waals surface area contributed by atoms with Gasteiger partial charge in [0, 0.05) is 29.3 Å². The van der Waals surface area contributed by atoms with E-state index in [1.165, 1.54) is 43.5 Å². The highest BCUT2D eigenvalue weighted by atomic mass is 19.2. The molecule has 1 aliphatic heterocycles. The fourth-order valence-corrected chi connectivity index (χ4v) is 4.86. The van der Waals surface area contributed by atoms with E-state index in [4.69, 9.17) is 4.74 Å². The first-order valence-corrected chi connectivity index (χ1v) is 12.3. The fraction of sp³-hybridized carbons (Fsp3) is 0.233.